The van der Waals surface area contributed by atoms with Crippen LogP contribution in [0, 0.1) is 0 Å². The number of anilines is 1. The van der Waals surface area contributed by atoms with Gasteiger partial charge in [-0.05, 0) is 48.4 Å². The Hall–Kier alpha value is -2.86. The Morgan fingerprint density at radius 3 is 2.36 bits per heavy atom. The Bertz CT molecular complexity index is 802. The SMILES string of the molecule is CCCCOc1ccc(N2C(=O)C[C@H](NCc3ccc(OC)cc3)C2=O)cc1. The van der Waals surface area contributed by atoms with Gasteiger partial charge in [0.25, 0.3) is 5.91 Å². The first-order chi connectivity index (χ1) is 13.6. The lowest BCUT2D eigenvalue weighted by atomic mass is 10.2. The Kier molecular flexibility index (Phi) is 6.66. The number of unbranched alkanes of at least 4 members (excludes halogenated alkanes) is 1. The first kappa shape index (κ1) is 19.9. The van der Waals surface area contributed by atoms with Crippen molar-refractivity contribution in [2.45, 2.75) is 38.8 Å². The molecule has 0 unspecified atom stereocenters. The van der Waals surface area contributed by atoms with E-state index in [0.29, 0.717) is 18.8 Å². The number of rotatable bonds is 9. The zero-order chi connectivity index (χ0) is 19.9. The number of benzene rings is 2. The Labute approximate surface area is 165 Å². The number of carbonyl (C=O) groups excluding carboxylic acids is 2. The molecule has 1 aliphatic heterocycles. The van der Waals surface area contributed by atoms with Crippen molar-refractivity contribution in [2.24, 2.45) is 0 Å². The Morgan fingerprint density at radius 2 is 1.71 bits per heavy atom. The monoisotopic (exact) mass is 382 g/mol. The molecule has 2 aromatic rings. The number of ether oxygens (including phenoxy) is 2. The van der Waals surface area contributed by atoms with Crippen LogP contribution in [0.1, 0.15) is 31.7 Å². The van der Waals surface area contributed by atoms with Gasteiger partial charge >= 0.3 is 0 Å². The highest BCUT2D eigenvalue weighted by Crippen LogP contribution is 2.25. The van der Waals surface area contributed by atoms with E-state index in [1.807, 2.05) is 24.3 Å². The topological polar surface area (TPSA) is 67.9 Å². The third-order valence-corrected chi connectivity index (χ3v) is 4.72. The van der Waals surface area contributed by atoms with Crippen LogP contribution in [0.15, 0.2) is 48.5 Å². The molecule has 148 valence electrons. The molecule has 1 aliphatic rings. The van der Waals surface area contributed by atoms with Crippen molar-refractivity contribution in [1.82, 2.24) is 5.32 Å². The second-order valence-electron chi connectivity index (χ2n) is 6.75. The second-order valence-corrected chi connectivity index (χ2v) is 6.75. The maximum absolute atomic E-state index is 12.7. The molecule has 2 amide bonds. The molecule has 28 heavy (non-hydrogen) atoms. The van der Waals surface area contributed by atoms with Crippen LogP contribution in [0.25, 0.3) is 0 Å². The zero-order valence-electron chi connectivity index (χ0n) is 16.3. The summed E-state index contributed by atoms with van der Waals surface area (Å²) < 4.78 is 10.8. The minimum absolute atomic E-state index is 0.156. The summed E-state index contributed by atoms with van der Waals surface area (Å²) in [6.45, 7) is 3.27. The highest BCUT2D eigenvalue weighted by molar-refractivity contribution is 6.22. The molecular formula is C22H26N2O4. The maximum atomic E-state index is 12.7. The lowest BCUT2D eigenvalue weighted by Gasteiger charge is -2.16. The largest absolute Gasteiger partial charge is 0.497 e. The molecule has 6 heteroatoms. The van der Waals surface area contributed by atoms with Gasteiger partial charge in [0.15, 0.2) is 0 Å². The molecule has 1 N–H and O–H groups in total. The van der Waals surface area contributed by atoms with E-state index in [1.165, 1.54) is 4.90 Å². The average Bonchev–Trinajstić information content (AvgIpc) is 3.01. The summed E-state index contributed by atoms with van der Waals surface area (Å²) in [4.78, 5) is 26.4. The smallest absolute Gasteiger partial charge is 0.251 e. The second kappa shape index (κ2) is 9.37. The fraction of sp³-hybridized carbons (Fsp3) is 0.364. The zero-order valence-corrected chi connectivity index (χ0v) is 16.3. The van der Waals surface area contributed by atoms with Gasteiger partial charge in [-0.1, -0.05) is 25.5 Å². The van der Waals surface area contributed by atoms with Crippen LogP contribution in [-0.4, -0.2) is 31.6 Å². The Morgan fingerprint density at radius 1 is 1.04 bits per heavy atom. The van der Waals surface area contributed by atoms with E-state index in [4.69, 9.17) is 9.47 Å². The van der Waals surface area contributed by atoms with E-state index in [1.54, 1.807) is 31.4 Å². The van der Waals surface area contributed by atoms with Crippen molar-refractivity contribution >= 4 is 17.5 Å². The van der Waals surface area contributed by atoms with Gasteiger partial charge in [0.2, 0.25) is 5.91 Å². The molecule has 1 atom stereocenters. The third kappa shape index (κ3) is 4.70. The van der Waals surface area contributed by atoms with Crippen molar-refractivity contribution < 1.29 is 19.1 Å². The van der Waals surface area contributed by atoms with Gasteiger partial charge in [0.05, 0.1) is 31.9 Å². The van der Waals surface area contributed by atoms with Gasteiger partial charge in [-0.2, -0.15) is 0 Å². The number of nitrogens with one attached hydrogen (secondary N) is 1. The van der Waals surface area contributed by atoms with Gasteiger partial charge in [-0.15, -0.1) is 0 Å². The van der Waals surface area contributed by atoms with E-state index in [-0.39, 0.29) is 18.2 Å². The molecular weight excluding hydrogens is 356 g/mol. The van der Waals surface area contributed by atoms with E-state index >= 15 is 0 Å². The number of nitrogens with zero attached hydrogens (tertiary/aromatic N) is 1. The highest BCUT2D eigenvalue weighted by atomic mass is 16.5. The average molecular weight is 382 g/mol. The van der Waals surface area contributed by atoms with Crippen molar-refractivity contribution in [3.8, 4) is 11.5 Å². The molecule has 0 aliphatic carbocycles. The van der Waals surface area contributed by atoms with E-state index in [2.05, 4.69) is 12.2 Å². The van der Waals surface area contributed by atoms with Crippen LogP contribution in [0.3, 0.4) is 0 Å². The Balaban J connectivity index is 1.59. The van der Waals surface area contributed by atoms with Crippen LogP contribution in [-0.2, 0) is 16.1 Å². The van der Waals surface area contributed by atoms with Crippen molar-refractivity contribution in [3.05, 3.63) is 54.1 Å². The van der Waals surface area contributed by atoms with Crippen molar-refractivity contribution in [1.29, 1.82) is 0 Å². The predicted octanol–water partition coefficient (Wildman–Crippen LogP) is 3.30. The van der Waals surface area contributed by atoms with Gasteiger partial charge in [0.1, 0.15) is 11.5 Å². The first-order valence-electron chi connectivity index (χ1n) is 9.58. The molecule has 1 saturated heterocycles. The number of hydrogen-bond donors (Lipinski definition) is 1. The van der Waals surface area contributed by atoms with Gasteiger partial charge in [-0.25, -0.2) is 4.90 Å². The molecule has 1 heterocycles. The van der Waals surface area contributed by atoms with Crippen molar-refractivity contribution in [3.63, 3.8) is 0 Å². The summed E-state index contributed by atoms with van der Waals surface area (Å²) in [5, 5.41) is 3.18. The van der Waals surface area contributed by atoms with Gasteiger partial charge in [0, 0.05) is 6.54 Å². The molecule has 0 spiro atoms. The lowest BCUT2D eigenvalue weighted by molar-refractivity contribution is -0.121. The number of imide groups is 1. The quantitative estimate of drug-likeness (QED) is 0.532. The summed E-state index contributed by atoms with van der Waals surface area (Å²) >= 11 is 0. The molecule has 0 radical (unpaired) electrons. The van der Waals surface area contributed by atoms with Crippen LogP contribution in [0.4, 0.5) is 5.69 Å². The summed E-state index contributed by atoms with van der Waals surface area (Å²) in [6.07, 6.45) is 2.22. The highest BCUT2D eigenvalue weighted by Gasteiger charge is 2.39. The molecule has 2 aromatic carbocycles. The fourth-order valence-electron chi connectivity index (χ4n) is 3.07. The molecule has 0 aromatic heterocycles. The molecule has 1 fully saturated rings. The summed E-state index contributed by atoms with van der Waals surface area (Å²) in [7, 11) is 1.62. The number of methoxy groups -OCH3 is 1. The molecule has 6 nitrogen and oxygen atoms in total. The van der Waals surface area contributed by atoms with E-state index in [9.17, 15) is 9.59 Å². The number of amides is 2. The standard InChI is InChI=1S/C22H26N2O4/c1-3-4-13-28-19-11-7-17(8-12-19)24-21(25)14-20(22(24)26)23-15-16-5-9-18(27-2)10-6-16/h5-12,20,23H,3-4,13-15H2,1-2H3/t20-/m0/s1. The third-order valence-electron chi connectivity index (χ3n) is 4.72. The minimum atomic E-state index is -0.518. The van der Waals surface area contributed by atoms with Crippen LogP contribution < -0.4 is 19.7 Å². The normalized spacial score (nSPS) is 16.5. The summed E-state index contributed by atoms with van der Waals surface area (Å²) in [5.74, 6) is 1.10. The fourth-order valence-corrected chi connectivity index (χ4v) is 3.07. The number of carbonyl (C=O) groups is 2. The van der Waals surface area contributed by atoms with Crippen LogP contribution in [0.5, 0.6) is 11.5 Å². The van der Waals surface area contributed by atoms with Crippen LogP contribution in [0.2, 0.25) is 0 Å². The number of hydrogen-bond acceptors (Lipinski definition) is 5. The predicted molar refractivity (Wildman–Crippen MR) is 108 cm³/mol. The first-order valence-corrected chi connectivity index (χ1v) is 9.58. The van der Waals surface area contributed by atoms with E-state index < -0.39 is 6.04 Å². The van der Waals surface area contributed by atoms with Crippen LogP contribution >= 0.6 is 0 Å². The van der Waals surface area contributed by atoms with Crippen molar-refractivity contribution in [2.75, 3.05) is 18.6 Å². The lowest BCUT2D eigenvalue weighted by Crippen LogP contribution is -2.38. The minimum Gasteiger partial charge on any atom is -0.497 e. The van der Waals surface area contributed by atoms with E-state index in [0.717, 1.165) is 29.9 Å². The summed E-state index contributed by atoms with van der Waals surface area (Å²) in [6, 6.07) is 14.2. The maximum Gasteiger partial charge on any atom is 0.251 e. The van der Waals surface area contributed by atoms with Gasteiger partial charge in [-0.3, -0.25) is 9.59 Å². The molecule has 0 saturated carbocycles. The van der Waals surface area contributed by atoms with Gasteiger partial charge < -0.3 is 14.8 Å². The molecule has 3 rings (SSSR count). The summed E-state index contributed by atoms with van der Waals surface area (Å²) in [5.41, 5.74) is 1.60. The molecule has 0 bridgehead atoms.